The highest BCUT2D eigenvalue weighted by atomic mass is 16.7. The highest BCUT2D eigenvalue weighted by Gasteiger charge is 2.44. The molecular weight excluding hydrogens is 646 g/mol. The van der Waals surface area contributed by atoms with Gasteiger partial charge in [-0.25, -0.2) is 9.97 Å². The number of nitrogen functional groups attached to an aromatic ring is 1. The van der Waals surface area contributed by atoms with Crippen molar-refractivity contribution in [3.63, 3.8) is 0 Å². The fourth-order valence-corrected chi connectivity index (χ4v) is 5.75. The molecule has 1 fully saturated rings. The number of hydrogen-bond donors (Lipinski definition) is 7. The Hall–Kier alpha value is -5.33. The third kappa shape index (κ3) is 5.87. The molecule has 0 spiro atoms. The van der Waals surface area contributed by atoms with Crippen molar-refractivity contribution >= 4 is 23.2 Å². The fraction of sp³-hybridized carbons (Fsp3) is 0.344. The second-order valence-corrected chi connectivity index (χ2v) is 11.1. The number of amides is 1. The van der Waals surface area contributed by atoms with E-state index in [-0.39, 0.29) is 80.3 Å². The number of anilines is 1. The Kier molecular flexibility index (Phi) is 9.75. The number of aromatic nitrogens is 2. The number of allylic oxidation sites excluding steroid dienone is 2. The molecule has 1 saturated heterocycles. The Morgan fingerprint density at radius 2 is 1.59 bits per heavy atom. The molecule has 0 radical (unpaired) electrons. The second-order valence-electron chi connectivity index (χ2n) is 11.1. The summed E-state index contributed by atoms with van der Waals surface area (Å²) in [4.78, 5) is 48.7. The maximum Gasteiger partial charge on any atom is 0.270 e. The SMILES string of the molecule is COC1=C(N)C(=O)c2nc(-c3nc(C(=O)NC[C@H]4O[C@@H](OC)[C@H](O)[C@@H](O)[C@@H]4O)c(C)c(-c4ccc(OC)c(OC)c4O)c3N)ccc2C1=O. The molecule has 17 heteroatoms. The van der Waals surface area contributed by atoms with Gasteiger partial charge in [0.15, 0.2) is 23.5 Å². The van der Waals surface area contributed by atoms with Crippen LogP contribution >= 0.6 is 0 Å². The number of nitrogens with two attached hydrogens (primary N) is 2. The molecule has 0 unspecified atom stereocenters. The van der Waals surface area contributed by atoms with E-state index in [4.69, 9.17) is 35.2 Å². The van der Waals surface area contributed by atoms with Crippen molar-refractivity contribution in [2.24, 2.45) is 5.73 Å². The number of phenols is 1. The lowest BCUT2D eigenvalue weighted by atomic mass is 9.92. The van der Waals surface area contributed by atoms with Crippen LogP contribution in [0.3, 0.4) is 0 Å². The van der Waals surface area contributed by atoms with E-state index in [9.17, 15) is 34.8 Å². The fourth-order valence-electron chi connectivity index (χ4n) is 5.75. The standard InChI is InChI=1S/C32H35N5O12/c1-11-17(12-7-9-15(45-2)29(46-3)23(12)38)18(33)22(14-8-6-13-21(36-14)26(41)19(34)30(47-4)24(13)39)37-20(11)31(44)35-10-16-25(40)27(42)28(43)32(48-5)49-16/h6-9,16,25,27-28,32,38,40,42-43H,10,33-34H2,1-5H3,(H,35,44)/t16-,25-,27+,28-,32-/m1/s1. The molecule has 1 aliphatic heterocycles. The maximum atomic E-state index is 13.8. The lowest BCUT2D eigenvalue weighted by Crippen LogP contribution is -2.60. The number of Topliss-reactive ketones (excluding diaryl/α,β-unsaturated/α-hetero) is 2. The Labute approximate surface area is 279 Å². The van der Waals surface area contributed by atoms with Gasteiger partial charge in [0, 0.05) is 24.8 Å². The summed E-state index contributed by atoms with van der Waals surface area (Å²) in [5, 5.41) is 44.7. The van der Waals surface area contributed by atoms with Crippen LogP contribution in [-0.4, -0.2) is 114 Å². The Morgan fingerprint density at radius 3 is 2.22 bits per heavy atom. The topological polar surface area (TPSA) is 268 Å². The first-order valence-electron chi connectivity index (χ1n) is 14.7. The zero-order chi connectivity index (χ0) is 35.9. The minimum absolute atomic E-state index is 0.0209. The third-order valence-corrected chi connectivity index (χ3v) is 8.34. The second kappa shape index (κ2) is 13.7. The average Bonchev–Trinajstić information content (AvgIpc) is 3.09. The van der Waals surface area contributed by atoms with Crippen molar-refractivity contribution < 1.29 is 58.5 Å². The van der Waals surface area contributed by atoms with E-state index in [1.54, 1.807) is 0 Å². The average molecular weight is 682 g/mol. The summed E-state index contributed by atoms with van der Waals surface area (Å²) in [7, 11) is 5.15. The number of nitrogens with one attached hydrogen (secondary N) is 1. The number of hydrogen-bond acceptors (Lipinski definition) is 16. The van der Waals surface area contributed by atoms with Crippen molar-refractivity contribution in [2.75, 3.05) is 40.7 Å². The molecule has 5 atom stereocenters. The number of fused-ring (bicyclic) bond motifs is 1. The number of rotatable bonds is 9. The summed E-state index contributed by atoms with van der Waals surface area (Å²) in [6.07, 6.45) is -7.23. The number of benzene rings is 1. The van der Waals surface area contributed by atoms with Gasteiger partial charge in [-0.15, -0.1) is 0 Å². The Balaban J connectivity index is 1.65. The van der Waals surface area contributed by atoms with Crippen LogP contribution in [0.4, 0.5) is 5.69 Å². The lowest BCUT2D eigenvalue weighted by molar-refractivity contribution is -0.288. The van der Waals surface area contributed by atoms with E-state index >= 15 is 0 Å². The number of carbonyl (C=O) groups excluding carboxylic acids is 3. The Morgan fingerprint density at radius 1 is 0.898 bits per heavy atom. The first kappa shape index (κ1) is 35.0. The first-order valence-corrected chi connectivity index (χ1v) is 14.7. The van der Waals surface area contributed by atoms with Crippen LogP contribution in [0, 0.1) is 6.92 Å². The quantitative estimate of drug-likeness (QED) is 0.154. The van der Waals surface area contributed by atoms with E-state index in [0.29, 0.717) is 0 Å². The molecule has 49 heavy (non-hydrogen) atoms. The molecule has 9 N–H and O–H groups in total. The summed E-state index contributed by atoms with van der Waals surface area (Å²) in [5.74, 6) is -2.74. The van der Waals surface area contributed by atoms with Crippen LogP contribution in [0.5, 0.6) is 17.2 Å². The van der Waals surface area contributed by atoms with Crippen LogP contribution in [0.1, 0.15) is 36.9 Å². The van der Waals surface area contributed by atoms with Crippen molar-refractivity contribution in [1.29, 1.82) is 0 Å². The van der Waals surface area contributed by atoms with Crippen molar-refractivity contribution in [3.05, 3.63) is 58.2 Å². The molecule has 17 nitrogen and oxygen atoms in total. The summed E-state index contributed by atoms with van der Waals surface area (Å²) >= 11 is 0. The largest absolute Gasteiger partial charge is 0.504 e. The van der Waals surface area contributed by atoms with Crippen molar-refractivity contribution in [3.8, 4) is 39.8 Å². The van der Waals surface area contributed by atoms with Gasteiger partial charge >= 0.3 is 0 Å². The molecule has 5 rings (SSSR count). The minimum Gasteiger partial charge on any atom is -0.504 e. The van der Waals surface area contributed by atoms with E-state index in [1.165, 1.54) is 59.6 Å². The molecule has 2 aromatic heterocycles. The van der Waals surface area contributed by atoms with Gasteiger partial charge in [0.2, 0.25) is 17.3 Å². The molecule has 1 aromatic carbocycles. The van der Waals surface area contributed by atoms with Crippen LogP contribution in [-0.2, 0) is 14.2 Å². The maximum absolute atomic E-state index is 13.8. The number of methoxy groups -OCH3 is 4. The van der Waals surface area contributed by atoms with Gasteiger partial charge in [-0.2, -0.15) is 0 Å². The molecule has 1 amide bonds. The van der Waals surface area contributed by atoms with Gasteiger partial charge in [-0.1, -0.05) is 0 Å². The Bertz CT molecular complexity index is 1880. The predicted molar refractivity (Wildman–Crippen MR) is 170 cm³/mol. The lowest BCUT2D eigenvalue weighted by Gasteiger charge is -2.39. The number of pyridine rings is 2. The van der Waals surface area contributed by atoms with E-state index in [2.05, 4.69) is 15.3 Å². The zero-order valence-electron chi connectivity index (χ0n) is 27.0. The van der Waals surface area contributed by atoms with Gasteiger partial charge < -0.3 is 60.9 Å². The predicted octanol–water partition coefficient (Wildman–Crippen LogP) is -0.196. The summed E-state index contributed by atoms with van der Waals surface area (Å²) in [6, 6.07) is 5.71. The molecule has 3 aromatic rings. The van der Waals surface area contributed by atoms with Crippen LogP contribution in [0.25, 0.3) is 22.5 Å². The molecule has 3 heterocycles. The first-order chi connectivity index (χ1) is 23.3. The minimum atomic E-state index is -1.63. The van der Waals surface area contributed by atoms with Gasteiger partial charge in [-0.05, 0) is 36.8 Å². The highest BCUT2D eigenvalue weighted by molar-refractivity contribution is 6.25. The zero-order valence-corrected chi connectivity index (χ0v) is 27.0. The molecule has 1 aliphatic carbocycles. The highest BCUT2D eigenvalue weighted by Crippen LogP contribution is 2.47. The van der Waals surface area contributed by atoms with Gasteiger partial charge in [0.1, 0.15) is 47.2 Å². The number of aromatic hydroxyl groups is 1. The van der Waals surface area contributed by atoms with Gasteiger partial charge in [-0.3, -0.25) is 14.4 Å². The summed E-state index contributed by atoms with van der Waals surface area (Å²) in [5.41, 5.74) is 11.8. The van der Waals surface area contributed by atoms with Crippen LogP contribution in [0.2, 0.25) is 0 Å². The van der Waals surface area contributed by atoms with Gasteiger partial charge in [0.25, 0.3) is 5.91 Å². The number of ketones is 2. The molecule has 0 bridgehead atoms. The monoisotopic (exact) mass is 681 g/mol. The summed E-state index contributed by atoms with van der Waals surface area (Å²) < 4.78 is 26.2. The molecular formula is C32H35N5O12. The third-order valence-electron chi connectivity index (χ3n) is 8.34. The van der Waals surface area contributed by atoms with E-state index in [0.717, 1.165) is 0 Å². The number of carbonyl (C=O) groups is 3. The normalized spacial score (nSPS) is 22.1. The van der Waals surface area contributed by atoms with E-state index in [1.807, 2.05) is 0 Å². The number of aliphatic hydroxyl groups is 3. The van der Waals surface area contributed by atoms with E-state index < -0.39 is 53.9 Å². The number of nitrogens with zero attached hydrogens (tertiary/aromatic N) is 2. The van der Waals surface area contributed by atoms with Crippen LogP contribution < -0.4 is 26.3 Å². The molecule has 260 valence electrons. The summed E-state index contributed by atoms with van der Waals surface area (Å²) in [6.45, 7) is 1.17. The molecule has 0 saturated carbocycles. The van der Waals surface area contributed by atoms with Gasteiger partial charge in [0.05, 0.1) is 38.3 Å². The van der Waals surface area contributed by atoms with Crippen molar-refractivity contribution in [1.82, 2.24) is 15.3 Å². The van der Waals surface area contributed by atoms with Crippen molar-refractivity contribution in [2.45, 2.75) is 37.6 Å². The number of phenolic OH excluding ortho intramolecular Hbond substituents is 1. The number of aliphatic hydroxyl groups excluding tert-OH is 3. The smallest absolute Gasteiger partial charge is 0.270 e. The molecule has 2 aliphatic rings. The van der Waals surface area contributed by atoms with Crippen LogP contribution in [0.15, 0.2) is 35.7 Å². The number of ether oxygens (including phenoxy) is 5.